The zero-order valence-electron chi connectivity index (χ0n) is 11.8. The van der Waals surface area contributed by atoms with Crippen molar-refractivity contribution in [1.29, 1.82) is 0 Å². The molecule has 0 spiro atoms. The number of hydrogen-bond donors (Lipinski definition) is 2. The van der Waals surface area contributed by atoms with Crippen LogP contribution >= 0.6 is 0 Å². The van der Waals surface area contributed by atoms with E-state index in [4.69, 9.17) is 14.6 Å². The fraction of sp³-hybridized carbons (Fsp3) is 0.429. The van der Waals surface area contributed by atoms with Crippen LogP contribution in [-0.4, -0.2) is 31.2 Å². The van der Waals surface area contributed by atoms with E-state index in [0.717, 1.165) is 0 Å². The molecule has 0 aliphatic rings. The van der Waals surface area contributed by atoms with E-state index in [-0.39, 0.29) is 24.7 Å². The Balaban J connectivity index is 2.67. The predicted molar refractivity (Wildman–Crippen MR) is 74.2 cm³/mol. The van der Waals surface area contributed by atoms with Crippen LogP contribution in [0.3, 0.4) is 0 Å². The molecular weight excluding hydrogens is 262 g/mol. The average Bonchev–Trinajstić information content (AvgIpc) is 2.36. The minimum atomic E-state index is -0.909. The van der Waals surface area contributed by atoms with Crippen LogP contribution in [0.4, 0.5) is 5.69 Å². The summed E-state index contributed by atoms with van der Waals surface area (Å²) < 4.78 is 10.2. The van der Waals surface area contributed by atoms with Gasteiger partial charge in [-0.05, 0) is 5.92 Å². The maximum absolute atomic E-state index is 11.8. The Kier molecular flexibility index (Phi) is 5.83. The summed E-state index contributed by atoms with van der Waals surface area (Å²) in [5, 5.41) is 11.4. The molecule has 0 aliphatic carbocycles. The molecule has 1 atom stereocenters. The van der Waals surface area contributed by atoms with Crippen molar-refractivity contribution in [2.45, 2.75) is 19.8 Å². The lowest BCUT2D eigenvalue weighted by molar-refractivity contribution is -0.138. The highest BCUT2D eigenvalue weighted by Gasteiger charge is 2.13. The molecule has 1 unspecified atom stereocenters. The zero-order chi connectivity index (χ0) is 15.1. The lowest BCUT2D eigenvalue weighted by Crippen LogP contribution is -2.17. The summed E-state index contributed by atoms with van der Waals surface area (Å²) in [5.41, 5.74) is 0.550. The number of anilines is 1. The molecule has 20 heavy (non-hydrogen) atoms. The van der Waals surface area contributed by atoms with Crippen molar-refractivity contribution in [2.75, 3.05) is 19.5 Å². The largest absolute Gasteiger partial charge is 0.497 e. The molecule has 1 aromatic rings. The lowest BCUT2D eigenvalue weighted by atomic mass is 10.0. The van der Waals surface area contributed by atoms with Crippen LogP contribution in [0, 0.1) is 5.92 Å². The number of aliphatic carboxylic acids is 1. The Labute approximate surface area is 117 Å². The first-order valence-corrected chi connectivity index (χ1v) is 6.19. The first-order chi connectivity index (χ1) is 9.44. The maximum Gasteiger partial charge on any atom is 0.303 e. The summed E-state index contributed by atoms with van der Waals surface area (Å²) in [6.45, 7) is 1.72. The van der Waals surface area contributed by atoms with Gasteiger partial charge in [-0.2, -0.15) is 0 Å². The number of nitrogens with one attached hydrogen (secondary N) is 1. The van der Waals surface area contributed by atoms with Gasteiger partial charge in [0.05, 0.1) is 14.2 Å². The molecule has 0 saturated heterocycles. The van der Waals surface area contributed by atoms with Crippen LogP contribution in [0.25, 0.3) is 0 Å². The number of methoxy groups -OCH3 is 2. The van der Waals surface area contributed by atoms with Crippen molar-refractivity contribution >= 4 is 17.6 Å². The predicted octanol–water partition coefficient (Wildman–Crippen LogP) is 2.14. The second-order valence-electron chi connectivity index (χ2n) is 4.56. The van der Waals surface area contributed by atoms with E-state index in [2.05, 4.69) is 5.32 Å². The maximum atomic E-state index is 11.8. The zero-order valence-corrected chi connectivity index (χ0v) is 11.8. The van der Waals surface area contributed by atoms with Crippen molar-refractivity contribution in [3.8, 4) is 11.5 Å². The second kappa shape index (κ2) is 7.37. The van der Waals surface area contributed by atoms with Gasteiger partial charge in [0.1, 0.15) is 11.5 Å². The van der Waals surface area contributed by atoms with E-state index in [9.17, 15) is 9.59 Å². The third-order valence-electron chi connectivity index (χ3n) is 2.69. The molecule has 1 aromatic carbocycles. The van der Waals surface area contributed by atoms with Gasteiger partial charge >= 0.3 is 5.97 Å². The number of carboxylic acid groups (broad SMARTS) is 1. The van der Waals surface area contributed by atoms with Crippen molar-refractivity contribution in [3.05, 3.63) is 18.2 Å². The topological polar surface area (TPSA) is 84.9 Å². The van der Waals surface area contributed by atoms with Gasteiger partial charge < -0.3 is 19.9 Å². The fourth-order valence-corrected chi connectivity index (χ4v) is 1.78. The van der Waals surface area contributed by atoms with E-state index in [1.165, 1.54) is 14.2 Å². The molecule has 6 nitrogen and oxygen atoms in total. The first kappa shape index (κ1) is 15.8. The molecule has 2 N–H and O–H groups in total. The van der Waals surface area contributed by atoms with Gasteiger partial charge in [-0.15, -0.1) is 0 Å². The number of carboxylic acids is 1. The minimum absolute atomic E-state index is 0.0329. The standard InChI is InChI=1S/C14H19NO5/c1-9(5-14(17)18)4-13(16)15-10-6-11(19-2)8-12(7-10)20-3/h6-9H,4-5H2,1-3H3,(H,15,16)(H,17,18). The number of amides is 1. The quantitative estimate of drug-likeness (QED) is 0.800. The summed E-state index contributed by atoms with van der Waals surface area (Å²) in [6, 6.07) is 5.03. The summed E-state index contributed by atoms with van der Waals surface area (Å²) in [6.07, 6.45) is 0.112. The van der Waals surface area contributed by atoms with Gasteiger partial charge in [0.15, 0.2) is 0 Å². The molecule has 0 aromatic heterocycles. The number of rotatable bonds is 7. The summed E-state index contributed by atoms with van der Waals surface area (Å²) >= 11 is 0. The Bertz CT molecular complexity index is 464. The lowest BCUT2D eigenvalue weighted by Gasteiger charge is -2.11. The van der Waals surface area contributed by atoms with Crippen LogP contribution in [0.1, 0.15) is 19.8 Å². The normalized spacial score (nSPS) is 11.6. The number of carbonyl (C=O) groups is 2. The molecule has 0 saturated carbocycles. The van der Waals surface area contributed by atoms with E-state index in [1.54, 1.807) is 25.1 Å². The number of carbonyl (C=O) groups excluding carboxylic acids is 1. The average molecular weight is 281 g/mol. The number of benzene rings is 1. The Morgan fingerprint density at radius 1 is 1.15 bits per heavy atom. The molecule has 110 valence electrons. The highest BCUT2D eigenvalue weighted by Crippen LogP contribution is 2.26. The fourth-order valence-electron chi connectivity index (χ4n) is 1.78. The van der Waals surface area contributed by atoms with Gasteiger partial charge in [-0.3, -0.25) is 9.59 Å². The number of hydrogen-bond acceptors (Lipinski definition) is 4. The van der Waals surface area contributed by atoms with E-state index < -0.39 is 5.97 Å². The van der Waals surface area contributed by atoms with Gasteiger partial charge in [0, 0.05) is 36.7 Å². The Morgan fingerprint density at radius 3 is 2.15 bits per heavy atom. The SMILES string of the molecule is COc1cc(NC(=O)CC(C)CC(=O)O)cc(OC)c1. The highest BCUT2D eigenvalue weighted by molar-refractivity contribution is 5.91. The van der Waals surface area contributed by atoms with Crippen molar-refractivity contribution in [3.63, 3.8) is 0 Å². The molecule has 6 heteroatoms. The first-order valence-electron chi connectivity index (χ1n) is 6.19. The summed E-state index contributed by atoms with van der Waals surface area (Å²) in [4.78, 5) is 22.4. The molecule has 0 fully saturated rings. The second-order valence-corrected chi connectivity index (χ2v) is 4.56. The molecule has 1 amide bonds. The molecule has 1 rings (SSSR count). The van der Waals surface area contributed by atoms with Crippen molar-refractivity contribution in [1.82, 2.24) is 0 Å². The summed E-state index contributed by atoms with van der Waals surface area (Å²) in [5.74, 6) is -0.237. The molecule has 0 radical (unpaired) electrons. The molecule has 0 aliphatic heterocycles. The number of ether oxygens (including phenoxy) is 2. The van der Waals surface area contributed by atoms with E-state index >= 15 is 0 Å². The van der Waals surface area contributed by atoms with Gasteiger partial charge in [0.25, 0.3) is 0 Å². The smallest absolute Gasteiger partial charge is 0.303 e. The van der Waals surface area contributed by atoms with Gasteiger partial charge in [-0.1, -0.05) is 6.92 Å². The van der Waals surface area contributed by atoms with E-state index in [0.29, 0.717) is 17.2 Å². The van der Waals surface area contributed by atoms with Crippen LogP contribution in [0.2, 0.25) is 0 Å². The monoisotopic (exact) mass is 281 g/mol. The minimum Gasteiger partial charge on any atom is -0.497 e. The Morgan fingerprint density at radius 2 is 1.70 bits per heavy atom. The van der Waals surface area contributed by atoms with Crippen LogP contribution in [-0.2, 0) is 9.59 Å². The molecule has 0 bridgehead atoms. The Hall–Kier alpha value is -2.24. The third-order valence-corrected chi connectivity index (χ3v) is 2.69. The van der Waals surface area contributed by atoms with E-state index in [1.807, 2.05) is 0 Å². The van der Waals surface area contributed by atoms with Crippen LogP contribution in [0.5, 0.6) is 11.5 Å². The van der Waals surface area contributed by atoms with Crippen LogP contribution in [0.15, 0.2) is 18.2 Å². The van der Waals surface area contributed by atoms with Gasteiger partial charge in [0.2, 0.25) is 5.91 Å². The van der Waals surface area contributed by atoms with Crippen LogP contribution < -0.4 is 14.8 Å². The summed E-state index contributed by atoms with van der Waals surface area (Å²) in [7, 11) is 3.05. The highest BCUT2D eigenvalue weighted by atomic mass is 16.5. The van der Waals surface area contributed by atoms with Crippen molar-refractivity contribution in [2.24, 2.45) is 5.92 Å². The third kappa shape index (κ3) is 5.17. The van der Waals surface area contributed by atoms with Gasteiger partial charge in [-0.25, -0.2) is 0 Å². The molecule has 0 heterocycles. The molecular formula is C14H19NO5. The van der Waals surface area contributed by atoms with Crippen molar-refractivity contribution < 1.29 is 24.2 Å².